The number of rotatable bonds is 4. The van der Waals surface area contributed by atoms with Gasteiger partial charge in [0.1, 0.15) is 16.9 Å². The topological polar surface area (TPSA) is 46.5 Å². The first-order valence-corrected chi connectivity index (χ1v) is 8.83. The van der Waals surface area contributed by atoms with Gasteiger partial charge < -0.3 is 9.84 Å². The molecule has 0 spiro atoms. The summed E-state index contributed by atoms with van der Waals surface area (Å²) in [6, 6.07) is 25.0. The number of para-hydroxylation sites is 2. The van der Waals surface area contributed by atoms with Gasteiger partial charge in [-0.3, -0.25) is 4.79 Å². The molecule has 3 nitrogen and oxygen atoms in total. The molecule has 1 unspecified atom stereocenters. The molecule has 3 heteroatoms. The second-order valence-corrected chi connectivity index (χ2v) is 6.61. The van der Waals surface area contributed by atoms with Crippen molar-refractivity contribution in [3.63, 3.8) is 0 Å². The maximum atomic E-state index is 12.7. The van der Waals surface area contributed by atoms with E-state index < -0.39 is 11.4 Å². The standard InChI is InChI=1S/C23H20O3/c1-2-23(22(24)25,16-10-4-3-5-11-16)21-17-12-6-8-14-19(17)26-20-15-9-7-13-18(20)21/h3-15,21H,2H2,1H3,(H,24,25). The molecular weight excluding hydrogens is 324 g/mol. The summed E-state index contributed by atoms with van der Waals surface area (Å²) >= 11 is 0. The molecule has 130 valence electrons. The molecule has 0 fully saturated rings. The van der Waals surface area contributed by atoms with Crippen molar-refractivity contribution in [2.75, 3.05) is 0 Å². The largest absolute Gasteiger partial charge is 0.481 e. The van der Waals surface area contributed by atoms with Crippen LogP contribution in [0.5, 0.6) is 11.5 Å². The average Bonchev–Trinajstić information content (AvgIpc) is 2.69. The van der Waals surface area contributed by atoms with Gasteiger partial charge in [0.15, 0.2) is 0 Å². The third-order valence-corrected chi connectivity index (χ3v) is 5.40. The number of ether oxygens (including phenoxy) is 1. The zero-order valence-corrected chi connectivity index (χ0v) is 14.6. The Hall–Kier alpha value is -3.07. The second-order valence-electron chi connectivity index (χ2n) is 6.61. The Labute approximate surface area is 152 Å². The molecule has 0 amide bonds. The monoisotopic (exact) mass is 344 g/mol. The Morgan fingerprint density at radius 2 is 1.38 bits per heavy atom. The van der Waals surface area contributed by atoms with Gasteiger partial charge >= 0.3 is 5.97 Å². The maximum absolute atomic E-state index is 12.7. The van der Waals surface area contributed by atoms with Crippen molar-refractivity contribution in [2.24, 2.45) is 0 Å². The summed E-state index contributed by atoms with van der Waals surface area (Å²) in [7, 11) is 0. The molecule has 1 aliphatic rings. The number of carbonyl (C=O) groups is 1. The minimum absolute atomic E-state index is 0.325. The van der Waals surface area contributed by atoms with Crippen LogP contribution in [-0.4, -0.2) is 11.1 Å². The Morgan fingerprint density at radius 1 is 0.885 bits per heavy atom. The van der Waals surface area contributed by atoms with Crippen molar-refractivity contribution in [2.45, 2.75) is 24.7 Å². The number of hydrogen-bond acceptors (Lipinski definition) is 2. The van der Waals surface area contributed by atoms with Gasteiger partial charge in [-0.25, -0.2) is 0 Å². The molecule has 3 aromatic carbocycles. The van der Waals surface area contributed by atoms with E-state index in [1.807, 2.05) is 85.8 Å². The van der Waals surface area contributed by atoms with Crippen LogP contribution in [0.3, 0.4) is 0 Å². The molecule has 1 atom stereocenters. The van der Waals surface area contributed by atoms with Gasteiger partial charge in [0.2, 0.25) is 0 Å². The molecule has 1 aliphatic heterocycles. The zero-order chi connectivity index (χ0) is 18.1. The number of hydrogen-bond donors (Lipinski definition) is 1. The summed E-state index contributed by atoms with van der Waals surface area (Å²) in [6.07, 6.45) is 0.472. The Bertz CT molecular complexity index is 903. The van der Waals surface area contributed by atoms with Gasteiger partial charge in [-0.2, -0.15) is 0 Å². The molecule has 26 heavy (non-hydrogen) atoms. The van der Waals surface area contributed by atoms with Crippen LogP contribution in [0.25, 0.3) is 0 Å². The van der Waals surface area contributed by atoms with Crippen molar-refractivity contribution in [1.29, 1.82) is 0 Å². The summed E-state index contributed by atoms with van der Waals surface area (Å²) in [6.45, 7) is 1.95. The van der Waals surface area contributed by atoms with Crippen LogP contribution in [0.15, 0.2) is 78.9 Å². The van der Waals surface area contributed by atoms with Crippen LogP contribution in [0, 0.1) is 0 Å². The first-order valence-electron chi connectivity index (χ1n) is 8.83. The van der Waals surface area contributed by atoms with E-state index in [0.29, 0.717) is 6.42 Å². The number of aliphatic carboxylic acids is 1. The molecular formula is C23H20O3. The summed E-state index contributed by atoms with van der Waals surface area (Å²) in [5, 5.41) is 10.4. The van der Waals surface area contributed by atoms with Crippen LogP contribution in [0.4, 0.5) is 0 Å². The Balaban J connectivity index is 2.05. The molecule has 0 aliphatic carbocycles. The minimum atomic E-state index is -1.07. The van der Waals surface area contributed by atoms with E-state index in [1.54, 1.807) is 0 Å². The zero-order valence-electron chi connectivity index (χ0n) is 14.6. The number of carboxylic acid groups (broad SMARTS) is 1. The number of carboxylic acids is 1. The fraction of sp³-hybridized carbons (Fsp3) is 0.174. The van der Waals surface area contributed by atoms with Crippen LogP contribution in [0.2, 0.25) is 0 Å². The molecule has 0 aromatic heterocycles. The van der Waals surface area contributed by atoms with Gasteiger partial charge in [-0.1, -0.05) is 73.7 Å². The van der Waals surface area contributed by atoms with E-state index in [2.05, 4.69) is 0 Å². The van der Waals surface area contributed by atoms with E-state index in [-0.39, 0.29) is 5.92 Å². The van der Waals surface area contributed by atoms with Crippen molar-refractivity contribution in [3.05, 3.63) is 95.6 Å². The molecule has 0 saturated carbocycles. The third kappa shape index (κ3) is 2.31. The lowest BCUT2D eigenvalue weighted by atomic mass is 9.62. The number of benzene rings is 3. The molecule has 0 radical (unpaired) electrons. The lowest BCUT2D eigenvalue weighted by Gasteiger charge is -2.41. The van der Waals surface area contributed by atoms with Gasteiger partial charge in [-0.05, 0) is 24.1 Å². The Morgan fingerprint density at radius 3 is 1.88 bits per heavy atom. The van der Waals surface area contributed by atoms with E-state index in [0.717, 1.165) is 28.2 Å². The number of fused-ring (bicyclic) bond motifs is 2. The van der Waals surface area contributed by atoms with Crippen LogP contribution in [0.1, 0.15) is 36.0 Å². The molecule has 4 rings (SSSR count). The highest BCUT2D eigenvalue weighted by Crippen LogP contribution is 2.54. The highest BCUT2D eigenvalue weighted by Gasteiger charge is 2.50. The first-order chi connectivity index (χ1) is 12.7. The van der Waals surface area contributed by atoms with E-state index >= 15 is 0 Å². The smallest absolute Gasteiger partial charge is 0.315 e. The molecule has 3 aromatic rings. The molecule has 0 bridgehead atoms. The van der Waals surface area contributed by atoms with Crippen molar-refractivity contribution < 1.29 is 14.6 Å². The van der Waals surface area contributed by atoms with Crippen molar-refractivity contribution >= 4 is 5.97 Å². The maximum Gasteiger partial charge on any atom is 0.315 e. The average molecular weight is 344 g/mol. The van der Waals surface area contributed by atoms with Gasteiger partial charge in [0, 0.05) is 17.0 Å². The fourth-order valence-electron chi connectivity index (χ4n) is 4.15. The lowest BCUT2D eigenvalue weighted by molar-refractivity contribution is -0.144. The van der Waals surface area contributed by atoms with E-state index in [1.165, 1.54) is 0 Å². The Kier molecular flexibility index (Phi) is 4.00. The summed E-state index contributed by atoms with van der Waals surface area (Å²) in [5.41, 5.74) is 1.57. The summed E-state index contributed by atoms with van der Waals surface area (Å²) in [5.74, 6) is 0.314. The molecule has 1 N–H and O–H groups in total. The van der Waals surface area contributed by atoms with Gasteiger partial charge in [0.05, 0.1) is 0 Å². The van der Waals surface area contributed by atoms with Crippen LogP contribution in [-0.2, 0) is 10.2 Å². The predicted molar refractivity (Wildman–Crippen MR) is 101 cm³/mol. The van der Waals surface area contributed by atoms with Crippen molar-refractivity contribution in [3.8, 4) is 11.5 Å². The van der Waals surface area contributed by atoms with Crippen LogP contribution < -0.4 is 4.74 Å². The molecule has 1 heterocycles. The van der Waals surface area contributed by atoms with E-state index in [4.69, 9.17) is 4.74 Å². The van der Waals surface area contributed by atoms with Crippen molar-refractivity contribution in [1.82, 2.24) is 0 Å². The minimum Gasteiger partial charge on any atom is -0.481 e. The second kappa shape index (κ2) is 6.34. The fourth-order valence-corrected chi connectivity index (χ4v) is 4.15. The van der Waals surface area contributed by atoms with E-state index in [9.17, 15) is 9.90 Å². The normalized spacial score (nSPS) is 15.3. The summed E-state index contributed by atoms with van der Waals surface area (Å²) < 4.78 is 6.07. The lowest BCUT2D eigenvalue weighted by Crippen LogP contribution is -2.42. The highest BCUT2D eigenvalue weighted by molar-refractivity contribution is 5.85. The van der Waals surface area contributed by atoms with Gasteiger partial charge in [0.25, 0.3) is 0 Å². The first kappa shape index (κ1) is 16.4. The van der Waals surface area contributed by atoms with Gasteiger partial charge in [-0.15, -0.1) is 0 Å². The predicted octanol–water partition coefficient (Wildman–Crippen LogP) is 5.36. The molecule has 0 saturated heterocycles. The quantitative estimate of drug-likeness (QED) is 0.693. The van der Waals surface area contributed by atoms with Crippen LogP contribution >= 0.6 is 0 Å². The summed E-state index contributed by atoms with van der Waals surface area (Å²) in [4.78, 5) is 12.7. The SMILES string of the molecule is CCC(C(=O)O)(c1ccccc1)C1c2ccccc2Oc2ccccc21. The highest BCUT2D eigenvalue weighted by atomic mass is 16.5. The third-order valence-electron chi connectivity index (χ3n) is 5.40.